The summed E-state index contributed by atoms with van der Waals surface area (Å²) in [6.45, 7) is 1.37. The molecule has 21 heavy (non-hydrogen) atoms. The highest BCUT2D eigenvalue weighted by molar-refractivity contribution is 7.09. The fraction of sp³-hybridized carbons (Fsp3) is 0.286. The maximum atomic E-state index is 11.8. The minimum Gasteiger partial charge on any atom is -0.349 e. The number of amides is 1. The predicted octanol–water partition coefficient (Wildman–Crippen LogP) is 2.53. The van der Waals surface area contributed by atoms with Crippen molar-refractivity contribution in [3.05, 3.63) is 52.0 Å². The zero-order chi connectivity index (χ0) is 13.5. The number of rotatable bonds is 6. The molecule has 116 valence electrons. The molecule has 2 rings (SSSR count). The van der Waals surface area contributed by atoms with Gasteiger partial charge in [0.05, 0.1) is 5.01 Å². The lowest BCUT2D eigenvalue weighted by Crippen LogP contribution is -2.30. The van der Waals surface area contributed by atoms with Gasteiger partial charge in [-0.1, -0.05) is 30.3 Å². The second-order valence-corrected chi connectivity index (χ2v) is 5.09. The van der Waals surface area contributed by atoms with Crippen LogP contribution < -0.4 is 10.6 Å². The molecular formula is C14H19Cl2N3OS. The van der Waals surface area contributed by atoms with E-state index in [9.17, 15) is 4.79 Å². The predicted molar refractivity (Wildman–Crippen MR) is 92.1 cm³/mol. The Labute approximate surface area is 141 Å². The summed E-state index contributed by atoms with van der Waals surface area (Å²) in [6, 6.07) is 10.1. The molecule has 0 spiro atoms. The standard InChI is InChI=1S/C14H17N3OS.2ClH/c1-15-7-8-16-14(18)12-10-19-13(17-12)9-11-5-3-2-4-6-11;;/h2-6,10,15H,7-9H2,1H3,(H,16,18);2*1H. The Hall–Kier alpha value is -1.14. The van der Waals surface area contributed by atoms with E-state index in [2.05, 4.69) is 27.8 Å². The van der Waals surface area contributed by atoms with Gasteiger partial charge in [0.2, 0.25) is 0 Å². The van der Waals surface area contributed by atoms with E-state index in [4.69, 9.17) is 0 Å². The van der Waals surface area contributed by atoms with Gasteiger partial charge in [-0.05, 0) is 12.6 Å². The van der Waals surface area contributed by atoms with E-state index in [-0.39, 0.29) is 30.7 Å². The number of hydrogen-bond acceptors (Lipinski definition) is 4. The molecule has 1 heterocycles. The zero-order valence-corrected chi connectivity index (χ0v) is 14.1. The van der Waals surface area contributed by atoms with Crippen LogP contribution in [0.25, 0.3) is 0 Å². The number of carbonyl (C=O) groups excluding carboxylic acids is 1. The van der Waals surface area contributed by atoms with Crippen LogP contribution in [0.4, 0.5) is 0 Å². The number of aromatic nitrogens is 1. The number of nitrogens with one attached hydrogen (secondary N) is 2. The third-order valence-corrected chi connectivity index (χ3v) is 3.49. The van der Waals surface area contributed by atoms with Gasteiger partial charge in [0, 0.05) is 24.9 Å². The Morgan fingerprint density at radius 2 is 1.90 bits per heavy atom. The zero-order valence-electron chi connectivity index (χ0n) is 11.7. The highest BCUT2D eigenvalue weighted by Gasteiger charge is 2.10. The highest BCUT2D eigenvalue weighted by Crippen LogP contribution is 2.14. The summed E-state index contributed by atoms with van der Waals surface area (Å²) in [4.78, 5) is 16.2. The number of halogens is 2. The van der Waals surface area contributed by atoms with Gasteiger partial charge in [0.1, 0.15) is 5.69 Å². The van der Waals surface area contributed by atoms with E-state index in [1.165, 1.54) is 16.9 Å². The average molecular weight is 348 g/mol. The van der Waals surface area contributed by atoms with Crippen molar-refractivity contribution in [2.45, 2.75) is 6.42 Å². The largest absolute Gasteiger partial charge is 0.349 e. The van der Waals surface area contributed by atoms with Crippen LogP contribution in [0.3, 0.4) is 0 Å². The summed E-state index contributed by atoms with van der Waals surface area (Å²) in [5.41, 5.74) is 1.71. The molecule has 0 fully saturated rings. The second-order valence-electron chi connectivity index (χ2n) is 4.15. The molecule has 1 aromatic carbocycles. The average Bonchev–Trinajstić information content (AvgIpc) is 2.89. The third kappa shape index (κ3) is 6.44. The highest BCUT2D eigenvalue weighted by atomic mass is 35.5. The van der Waals surface area contributed by atoms with Crippen LogP contribution in [0.5, 0.6) is 0 Å². The van der Waals surface area contributed by atoms with Gasteiger partial charge in [-0.15, -0.1) is 36.2 Å². The summed E-state index contributed by atoms with van der Waals surface area (Å²) in [7, 11) is 1.85. The Balaban J connectivity index is 0.00000200. The van der Waals surface area contributed by atoms with Gasteiger partial charge in [0.15, 0.2) is 0 Å². The van der Waals surface area contributed by atoms with E-state index in [0.29, 0.717) is 12.2 Å². The van der Waals surface area contributed by atoms with Crippen LogP contribution in [0, 0.1) is 0 Å². The van der Waals surface area contributed by atoms with Crippen molar-refractivity contribution in [3.63, 3.8) is 0 Å². The van der Waals surface area contributed by atoms with Crippen LogP contribution in [0.2, 0.25) is 0 Å². The SMILES string of the molecule is CNCCNC(=O)c1csc(Cc2ccccc2)n1.Cl.Cl. The maximum absolute atomic E-state index is 11.8. The molecule has 0 saturated heterocycles. The Morgan fingerprint density at radius 1 is 1.19 bits per heavy atom. The van der Waals surface area contributed by atoms with Crippen LogP contribution in [0.15, 0.2) is 35.7 Å². The fourth-order valence-corrected chi connectivity index (χ4v) is 2.47. The van der Waals surface area contributed by atoms with E-state index in [1.807, 2.05) is 30.6 Å². The summed E-state index contributed by atoms with van der Waals surface area (Å²) < 4.78 is 0. The van der Waals surface area contributed by atoms with Crippen molar-refractivity contribution in [3.8, 4) is 0 Å². The first kappa shape index (κ1) is 19.9. The van der Waals surface area contributed by atoms with Crippen molar-refractivity contribution in [2.75, 3.05) is 20.1 Å². The van der Waals surface area contributed by atoms with Gasteiger partial charge in [-0.2, -0.15) is 0 Å². The molecule has 0 aliphatic heterocycles. The molecule has 4 nitrogen and oxygen atoms in total. The lowest BCUT2D eigenvalue weighted by Gasteiger charge is -2.01. The van der Waals surface area contributed by atoms with Crippen LogP contribution in [0.1, 0.15) is 21.1 Å². The molecule has 0 saturated carbocycles. The quantitative estimate of drug-likeness (QED) is 0.789. The third-order valence-electron chi connectivity index (χ3n) is 2.64. The molecule has 7 heteroatoms. The molecule has 0 bridgehead atoms. The number of carbonyl (C=O) groups is 1. The first-order valence-electron chi connectivity index (χ1n) is 6.20. The number of likely N-dealkylation sites (N-methyl/N-ethyl adjacent to an activating group) is 1. The first-order valence-corrected chi connectivity index (χ1v) is 7.08. The molecule has 1 aromatic heterocycles. The fourth-order valence-electron chi connectivity index (χ4n) is 1.66. The van der Waals surface area contributed by atoms with Gasteiger partial charge in [-0.25, -0.2) is 4.98 Å². The maximum Gasteiger partial charge on any atom is 0.270 e. The molecule has 0 aliphatic rings. The van der Waals surface area contributed by atoms with Gasteiger partial charge < -0.3 is 10.6 Å². The lowest BCUT2D eigenvalue weighted by molar-refractivity contribution is 0.0949. The van der Waals surface area contributed by atoms with Gasteiger partial charge in [-0.3, -0.25) is 4.79 Å². The summed E-state index contributed by atoms with van der Waals surface area (Å²) in [5.74, 6) is -0.106. The van der Waals surface area contributed by atoms with Crippen molar-refractivity contribution < 1.29 is 4.79 Å². The molecule has 2 aromatic rings. The van der Waals surface area contributed by atoms with Crippen molar-refractivity contribution >= 4 is 42.1 Å². The monoisotopic (exact) mass is 347 g/mol. The molecule has 1 amide bonds. The van der Waals surface area contributed by atoms with Gasteiger partial charge in [0.25, 0.3) is 5.91 Å². The van der Waals surface area contributed by atoms with Gasteiger partial charge >= 0.3 is 0 Å². The molecule has 0 radical (unpaired) electrons. The lowest BCUT2D eigenvalue weighted by atomic mass is 10.2. The smallest absolute Gasteiger partial charge is 0.270 e. The number of benzene rings is 1. The summed E-state index contributed by atoms with van der Waals surface area (Å²) in [6.07, 6.45) is 0.773. The summed E-state index contributed by atoms with van der Waals surface area (Å²) >= 11 is 1.52. The van der Waals surface area contributed by atoms with E-state index in [1.54, 1.807) is 0 Å². The molecular weight excluding hydrogens is 329 g/mol. The molecule has 0 unspecified atom stereocenters. The summed E-state index contributed by atoms with van der Waals surface area (Å²) in [5, 5.41) is 8.58. The number of thiazole rings is 1. The molecule has 0 aliphatic carbocycles. The Morgan fingerprint density at radius 3 is 2.57 bits per heavy atom. The van der Waals surface area contributed by atoms with Crippen molar-refractivity contribution in [1.82, 2.24) is 15.6 Å². The first-order chi connectivity index (χ1) is 9.29. The van der Waals surface area contributed by atoms with Crippen LogP contribution in [-0.2, 0) is 6.42 Å². The minimum atomic E-state index is -0.106. The Bertz CT molecular complexity index is 534. The Kier molecular flexibility index (Phi) is 9.99. The van der Waals surface area contributed by atoms with Crippen LogP contribution in [-0.4, -0.2) is 31.0 Å². The van der Waals surface area contributed by atoms with E-state index in [0.717, 1.165) is 18.0 Å². The minimum absolute atomic E-state index is 0. The number of nitrogens with zero attached hydrogens (tertiary/aromatic N) is 1. The normalized spacial score (nSPS) is 9.38. The molecule has 2 N–H and O–H groups in total. The van der Waals surface area contributed by atoms with Crippen LogP contribution >= 0.6 is 36.2 Å². The van der Waals surface area contributed by atoms with E-state index < -0.39 is 0 Å². The van der Waals surface area contributed by atoms with Crippen molar-refractivity contribution in [2.24, 2.45) is 0 Å². The van der Waals surface area contributed by atoms with E-state index >= 15 is 0 Å². The second kappa shape index (κ2) is 10.6. The van der Waals surface area contributed by atoms with Crippen molar-refractivity contribution in [1.29, 1.82) is 0 Å². The molecule has 0 atom stereocenters. The number of hydrogen-bond donors (Lipinski definition) is 2. The topological polar surface area (TPSA) is 54.0 Å².